The number of fused-ring (bicyclic) bond motifs is 1. The maximum Gasteiger partial charge on any atom is 0.359 e. The summed E-state index contributed by atoms with van der Waals surface area (Å²) >= 11 is 0. The number of carbonyl (C=O) groups excluding carboxylic acids is 2. The molecule has 0 aliphatic carbocycles. The molecule has 0 saturated heterocycles. The van der Waals surface area contributed by atoms with E-state index in [0.717, 1.165) is 10.9 Å². The molecule has 0 spiro atoms. The molecule has 0 unspecified atom stereocenters. The summed E-state index contributed by atoms with van der Waals surface area (Å²) < 4.78 is 29.2. The zero-order valence-corrected chi connectivity index (χ0v) is 16.4. The van der Waals surface area contributed by atoms with E-state index in [1.165, 1.54) is 31.3 Å². The maximum absolute atomic E-state index is 12.4. The number of rotatable bonds is 5. The Balaban J connectivity index is 1.73. The molecule has 0 bridgehead atoms. The molecule has 10 heteroatoms. The Morgan fingerprint density at radius 1 is 1.10 bits per heavy atom. The fraction of sp³-hybridized carbons (Fsp3) is 0.158. The highest BCUT2D eigenvalue weighted by atomic mass is 32.2. The monoisotopic (exact) mass is 415 g/mol. The van der Waals surface area contributed by atoms with Crippen molar-refractivity contribution < 1.29 is 22.7 Å². The van der Waals surface area contributed by atoms with Crippen LogP contribution in [0.15, 0.2) is 58.2 Å². The molecule has 0 aliphatic rings. The molecular formula is C19H17N3O6S. The van der Waals surface area contributed by atoms with Gasteiger partial charge < -0.3 is 10.1 Å². The molecule has 0 fully saturated rings. The Hall–Kier alpha value is -3.53. The van der Waals surface area contributed by atoms with Gasteiger partial charge in [-0.25, -0.2) is 17.9 Å². The van der Waals surface area contributed by atoms with E-state index in [0.29, 0.717) is 10.8 Å². The second-order valence-corrected chi connectivity index (χ2v) is 8.26. The van der Waals surface area contributed by atoms with E-state index in [-0.39, 0.29) is 21.8 Å². The lowest BCUT2D eigenvalue weighted by molar-refractivity contribution is -0.119. The molecule has 29 heavy (non-hydrogen) atoms. The maximum atomic E-state index is 12.4. The Morgan fingerprint density at radius 2 is 1.79 bits per heavy atom. The van der Waals surface area contributed by atoms with Gasteiger partial charge in [0.15, 0.2) is 22.1 Å². The molecule has 0 saturated carbocycles. The van der Waals surface area contributed by atoms with Crippen LogP contribution in [0.5, 0.6) is 0 Å². The summed E-state index contributed by atoms with van der Waals surface area (Å²) in [7, 11) is -2.01. The number of esters is 1. The van der Waals surface area contributed by atoms with Crippen LogP contribution in [0.4, 0.5) is 5.69 Å². The van der Waals surface area contributed by atoms with Gasteiger partial charge in [-0.1, -0.05) is 24.3 Å². The number of benzene rings is 2. The predicted molar refractivity (Wildman–Crippen MR) is 105 cm³/mol. The first kappa shape index (κ1) is 20.2. The van der Waals surface area contributed by atoms with Crippen molar-refractivity contribution >= 4 is 38.2 Å². The smallest absolute Gasteiger partial charge is 0.359 e. The number of carbonyl (C=O) groups is 2. The third kappa shape index (κ3) is 4.49. The van der Waals surface area contributed by atoms with Crippen LogP contribution < -0.4 is 10.9 Å². The van der Waals surface area contributed by atoms with Crippen molar-refractivity contribution in [3.63, 3.8) is 0 Å². The molecule has 0 aliphatic heterocycles. The Labute approximate surface area is 165 Å². The number of aromatic nitrogens is 2. The summed E-state index contributed by atoms with van der Waals surface area (Å²) in [5.74, 6) is -1.52. The highest BCUT2D eigenvalue weighted by molar-refractivity contribution is 7.90. The van der Waals surface area contributed by atoms with Crippen LogP contribution in [0.25, 0.3) is 10.8 Å². The van der Waals surface area contributed by atoms with Gasteiger partial charge in [0.05, 0.1) is 10.3 Å². The fourth-order valence-corrected chi connectivity index (χ4v) is 3.32. The van der Waals surface area contributed by atoms with E-state index in [2.05, 4.69) is 10.4 Å². The number of sulfone groups is 1. The predicted octanol–water partition coefficient (Wildman–Crippen LogP) is 1.13. The van der Waals surface area contributed by atoms with Crippen LogP contribution in [-0.2, 0) is 26.4 Å². The second kappa shape index (κ2) is 7.84. The van der Waals surface area contributed by atoms with Gasteiger partial charge in [-0.05, 0) is 24.3 Å². The van der Waals surface area contributed by atoms with Gasteiger partial charge >= 0.3 is 5.97 Å². The first-order chi connectivity index (χ1) is 13.7. The Bertz CT molecular complexity index is 1280. The van der Waals surface area contributed by atoms with Crippen LogP contribution in [0.3, 0.4) is 0 Å². The fourth-order valence-electron chi connectivity index (χ4n) is 2.65. The molecule has 3 aromatic rings. The second-order valence-electron chi connectivity index (χ2n) is 6.25. The van der Waals surface area contributed by atoms with E-state index >= 15 is 0 Å². The Morgan fingerprint density at radius 3 is 2.48 bits per heavy atom. The highest BCUT2D eigenvalue weighted by Crippen LogP contribution is 2.16. The van der Waals surface area contributed by atoms with Crippen molar-refractivity contribution in [3.05, 3.63) is 64.6 Å². The van der Waals surface area contributed by atoms with Crippen molar-refractivity contribution in [2.24, 2.45) is 7.05 Å². The van der Waals surface area contributed by atoms with Crippen LogP contribution in [-0.4, -0.2) is 42.9 Å². The molecule has 150 valence electrons. The van der Waals surface area contributed by atoms with Crippen LogP contribution in [0.2, 0.25) is 0 Å². The minimum atomic E-state index is -3.42. The normalized spacial score (nSPS) is 11.2. The summed E-state index contributed by atoms with van der Waals surface area (Å²) in [6.07, 6.45) is 1.06. The molecule has 1 amide bonds. The van der Waals surface area contributed by atoms with E-state index in [1.54, 1.807) is 24.3 Å². The number of nitrogens with zero attached hydrogens (tertiary/aromatic N) is 2. The van der Waals surface area contributed by atoms with Crippen molar-refractivity contribution in [1.82, 2.24) is 9.78 Å². The van der Waals surface area contributed by atoms with Gasteiger partial charge in [-0.3, -0.25) is 9.59 Å². The minimum absolute atomic E-state index is 0.0492. The number of nitrogens with one attached hydrogen (secondary N) is 1. The minimum Gasteiger partial charge on any atom is -0.451 e. The summed E-state index contributed by atoms with van der Waals surface area (Å²) in [4.78, 5) is 36.6. The lowest BCUT2D eigenvalue weighted by Crippen LogP contribution is -2.26. The lowest BCUT2D eigenvalue weighted by atomic mass is 10.1. The van der Waals surface area contributed by atoms with Gasteiger partial charge in [-0.2, -0.15) is 5.10 Å². The quantitative estimate of drug-likeness (QED) is 0.620. The van der Waals surface area contributed by atoms with Gasteiger partial charge in [0.1, 0.15) is 0 Å². The molecule has 1 aromatic heterocycles. The number of ether oxygens (including phenoxy) is 1. The Kier molecular flexibility index (Phi) is 5.46. The van der Waals surface area contributed by atoms with E-state index in [4.69, 9.17) is 4.74 Å². The van der Waals surface area contributed by atoms with Gasteiger partial charge in [0, 0.05) is 24.4 Å². The number of hydrogen-bond donors (Lipinski definition) is 1. The van der Waals surface area contributed by atoms with Crippen molar-refractivity contribution in [2.45, 2.75) is 4.90 Å². The lowest BCUT2D eigenvalue weighted by Gasteiger charge is -2.09. The molecule has 1 heterocycles. The van der Waals surface area contributed by atoms with Crippen LogP contribution in [0.1, 0.15) is 10.5 Å². The van der Waals surface area contributed by atoms with E-state index in [1.807, 2.05) is 0 Å². The zero-order valence-electron chi connectivity index (χ0n) is 15.6. The number of amides is 1. The van der Waals surface area contributed by atoms with E-state index < -0.39 is 28.3 Å². The van der Waals surface area contributed by atoms with Gasteiger partial charge in [0.2, 0.25) is 0 Å². The van der Waals surface area contributed by atoms with Crippen molar-refractivity contribution in [1.29, 1.82) is 0 Å². The number of hydrogen-bond acceptors (Lipinski definition) is 7. The highest BCUT2D eigenvalue weighted by Gasteiger charge is 2.18. The van der Waals surface area contributed by atoms with Crippen LogP contribution >= 0.6 is 0 Å². The molecule has 9 nitrogen and oxygen atoms in total. The van der Waals surface area contributed by atoms with Crippen LogP contribution in [0, 0.1) is 0 Å². The molecular weight excluding hydrogens is 398 g/mol. The van der Waals surface area contributed by atoms with Gasteiger partial charge in [-0.15, -0.1) is 0 Å². The average molecular weight is 415 g/mol. The largest absolute Gasteiger partial charge is 0.451 e. The summed E-state index contributed by atoms with van der Waals surface area (Å²) in [6.45, 7) is -0.610. The molecule has 3 rings (SSSR count). The average Bonchev–Trinajstić information content (AvgIpc) is 2.68. The summed E-state index contributed by atoms with van der Waals surface area (Å²) in [5, 5.41) is 7.02. The summed E-state index contributed by atoms with van der Waals surface area (Å²) in [5.41, 5.74) is -0.199. The van der Waals surface area contributed by atoms with Crippen molar-refractivity contribution in [2.75, 3.05) is 18.2 Å². The summed E-state index contributed by atoms with van der Waals surface area (Å²) in [6, 6.07) is 12.2. The standard InChI is InChI=1S/C19H17N3O6S/c1-22-18(24)15-9-4-3-8-14(15)17(21-22)19(25)28-11-16(23)20-12-6-5-7-13(10-12)29(2,26)27/h3-10H,11H2,1-2H3,(H,20,23). The van der Waals surface area contributed by atoms with Gasteiger partial charge in [0.25, 0.3) is 11.5 Å². The number of anilines is 1. The third-order valence-corrected chi connectivity index (χ3v) is 5.14. The third-order valence-electron chi connectivity index (χ3n) is 4.03. The molecule has 2 aromatic carbocycles. The molecule has 0 radical (unpaired) electrons. The van der Waals surface area contributed by atoms with Crippen molar-refractivity contribution in [3.8, 4) is 0 Å². The SMILES string of the molecule is Cn1nc(C(=O)OCC(=O)Nc2cccc(S(C)(=O)=O)c2)c2ccccc2c1=O. The first-order valence-corrected chi connectivity index (χ1v) is 10.3. The topological polar surface area (TPSA) is 124 Å². The first-order valence-electron chi connectivity index (χ1n) is 8.40. The zero-order chi connectivity index (χ0) is 21.2. The van der Waals surface area contributed by atoms with E-state index in [9.17, 15) is 22.8 Å². The molecule has 1 N–H and O–H groups in total. The number of aryl methyl sites for hydroxylation is 1. The molecule has 0 atom stereocenters.